The second-order valence-electron chi connectivity index (χ2n) is 4.46. The summed E-state index contributed by atoms with van der Waals surface area (Å²) in [6.07, 6.45) is 1.64. The van der Waals surface area contributed by atoms with E-state index in [4.69, 9.17) is 4.74 Å². The Kier molecular flexibility index (Phi) is 3.94. The number of aromatic nitrogens is 5. The fourth-order valence-electron chi connectivity index (χ4n) is 1.73. The topological polar surface area (TPSA) is 77.8 Å². The summed E-state index contributed by atoms with van der Waals surface area (Å²) in [6, 6.07) is 1.70. The smallest absolute Gasteiger partial charge is 0.226 e. The maximum atomic E-state index is 5.04. The van der Waals surface area contributed by atoms with Crippen molar-refractivity contribution in [3.8, 4) is 5.88 Å². The van der Waals surface area contributed by atoms with Gasteiger partial charge in [-0.2, -0.15) is 4.98 Å². The van der Waals surface area contributed by atoms with Gasteiger partial charge in [0.15, 0.2) is 5.82 Å². The number of methoxy groups -OCH3 is 1. The number of anilines is 1. The van der Waals surface area contributed by atoms with E-state index in [-0.39, 0.29) is 0 Å². The molecule has 7 heteroatoms. The van der Waals surface area contributed by atoms with Gasteiger partial charge in [-0.3, -0.25) is 0 Å². The minimum absolute atomic E-state index is 0.347. The zero-order chi connectivity index (χ0) is 13.8. The van der Waals surface area contributed by atoms with E-state index in [1.165, 1.54) is 0 Å². The Labute approximate surface area is 112 Å². The van der Waals surface area contributed by atoms with Crippen LogP contribution in [0, 0.1) is 0 Å². The van der Waals surface area contributed by atoms with Gasteiger partial charge in [0.05, 0.1) is 13.7 Å². The zero-order valence-corrected chi connectivity index (χ0v) is 11.6. The van der Waals surface area contributed by atoms with Gasteiger partial charge in [0.1, 0.15) is 5.82 Å². The Morgan fingerprint density at radius 3 is 2.79 bits per heavy atom. The third-order valence-electron chi connectivity index (χ3n) is 2.76. The molecule has 0 saturated heterocycles. The molecule has 0 bridgehead atoms. The lowest BCUT2D eigenvalue weighted by molar-refractivity contribution is 0.397. The van der Waals surface area contributed by atoms with E-state index in [0.717, 1.165) is 11.6 Å². The van der Waals surface area contributed by atoms with Gasteiger partial charge in [0.25, 0.3) is 0 Å². The van der Waals surface area contributed by atoms with Crippen LogP contribution in [-0.2, 0) is 13.6 Å². The first-order chi connectivity index (χ1) is 9.11. The molecule has 0 radical (unpaired) electrons. The van der Waals surface area contributed by atoms with Crippen molar-refractivity contribution >= 4 is 5.95 Å². The van der Waals surface area contributed by atoms with Crippen LogP contribution >= 0.6 is 0 Å². The maximum absolute atomic E-state index is 5.04. The number of rotatable bonds is 5. The molecule has 0 saturated carbocycles. The van der Waals surface area contributed by atoms with Gasteiger partial charge in [-0.25, -0.2) is 4.98 Å². The Balaban J connectivity index is 2.06. The molecular weight excluding hydrogens is 244 g/mol. The zero-order valence-electron chi connectivity index (χ0n) is 11.6. The molecule has 0 aliphatic heterocycles. The van der Waals surface area contributed by atoms with Crippen LogP contribution in [0.1, 0.15) is 31.4 Å². The fraction of sp³-hybridized carbons (Fsp3) is 0.500. The van der Waals surface area contributed by atoms with E-state index in [0.29, 0.717) is 24.3 Å². The van der Waals surface area contributed by atoms with E-state index in [1.807, 2.05) is 11.6 Å². The molecule has 2 heterocycles. The largest absolute Gasteiger partial charge is 0.481 e. The van der Waals surface area contributed by atoms with Crippen LogP contribution in [0.3, 0.4) is 0 Å². The molecular formula is C12H18N6O. The maximum Gasteiger partial charge on any atom is 0.226 e. The van der Waals surface area contributed by atoms with Gasteiger partial charge in [0.2, 0.25) is 11.8 Å². The number of hydrogen-bond donors (Lipinski definition) is 1. The standard InChI is InChI=1S/C12H18N6O/c1-8(2)11-17-16-9(18(11)3)7-14-12-13-6-5-10(15-12)19-4/h5-6,8H,7H2,1-4H3,(H,13,14,15). The average molecular weight is 262 g/mol. The van der Waals surface area contributed by atoms with E-state index < -0.39 is 0 Å². The predicted molar refractivity (Wildman–Crippen MR) is 71.0 cm³/mol. The molecule has 1 N–H and O–H groups in total. The molecule has 0 aromatic carbocycles. The first kappa shape index (κ1) is 13.3. The van der Waals surface area contributed by atoms with Crippen LogP contribution in [0.5, 0.6) is 5.88 Å². The van der Waals surface area contributed by atoms with Crippen LogP contribution in [-0.4, -0.2) is 31.8 Å². The fourth-order valence-corrected chi connectivity index (χ4v) is 1.73. The van der Waals surface area contributed by atoms with Gasteiger partial charge >= 0.3 is 0 Å². The summed E-state index contributed by atoms with van der Waals surface area (Å²) in [5.41, 5.74) is 0. The molecule has 0 aliphatic carbocycles. The number of nitrogens with zero attached hydrogens (tertiary/aromatic N) is 5. The molecule has 0 unspecified atom stereocenters. The molecule has 2 aromatic rings. The lowest BCUT2D eigenvalue weighted by atomic mass is 10.2. The molecule has 102 valence electrons. The van der Waals surface area contributed by atoms with Gasteiger partial charge < -0.3 is 14.6 Å². The Hall–Kier alpha value is -2.18. The van der Waals surface area contributed by atoms with Crippen molar-refractivity contribution in [3.63, 3.8) is 0 Å². The Morgan fingerprint density at radius 1 is 1.37 bits per heavy atom. The third kappa shape index (κ3) is 2.98. The summed E-state index contributed by atoms with van der Waals surface area (Å²) < 4.78 is 7.03. The molecule has 2 rings (SSSR count). The van der Waals surface area contributed by atoms with Crippen molar-refractivity contribution in [2.45, 2.75) is 26.3 Å². The summed E-state index contributed by atoms with van der Waals surface area (Å²) >= 11 is 0. The minimum atomic E-state index is 0.347. The van der Waals surface area contributed by atoms with Gasteiger partial charge in [-0.1, -0.05) is 13.8 Å². The summed E-state index contributed by atoms with van der Waals surface area (Å²) in [4.78, 5) is 8.29. The molecule has 19 heavy (non-hydrogen) atoms. The molecule has 0 aliphatic rings. The highest BCUT2D eigenvalue weighted by molar-refractivity contribution is 5.27. The second-order valence-corrected chi connectivity index (χ2v) is 4.46. The summed E-state index contributed by atoms with van der Waals surface area (Å²) in [5.74, 6) is 3.18. The van der Waals surface area contributed by atoms with Crippen molar-refractivity contribution in [3.05, 3.63) is 23.9 Å². The van der Waals surface area contributed by atoms with E-state index in [1.54, 1.807) is 19.4 Å². The SMILES string of the molecule is COc1ccnc(NCc2nnc(C(C)C)n2C)n1. The highest BCUT2D eigenvalue weighted by atomic mass is 16.5. The lowest BCUT2D eigenvalue weighted by Gasteiger charge is -2.07. The Bertz CT molecular complexity index is 551. The molecule has 0 spiro atoms. The van der Waals surface area contributed by atoms with Crippen molar-refractivity contribution < 1.29 is 4.74 Å². The molecule has 7 nitrogen and oxygen atoms in total. The highest BCUT2D eigenvalue weighted by Crippen LogP contribution is 2.12. The van der Waals surface area contributed by atoms with E-state index >= 15 is 0 Å². The normalized spacial score (nSPS) is 10.8. The minimum Gasteiger partial charge on any atom is -0.481 e. The van der Waals surface area contributed by atoms with Gasteiger partial charge in [0, 0.05) is 25.2 Å². The van der Waals surface area contributed by atoms with E-state index in [9.17, 15) is 0 Å². The van der Waals surface area contributed by atoms with Crippen molar-refractivity contribution in [2.24, 2.45) is 7.05 Å². The number of nitrogens with one attached hydrogen (secondary N) is 1. The first-order valence-corrected chi connectivity index (χ1v) is 6.11. The molecule has 0 amide bonds. The monoisotopic (exact) mass is 262 g/mol. The van der Waals surface area contributed by atoms with Crippen LogP contribution < -0.4 is 10.1 Å². The number of ether oxygens (including phenoxy) is 1. The summed E-state index contributed by atoms with van der Waals surface area (Å²) in [7, 11) is 3.53. The van der Waals surface area contributed by atoms with Crippen LogP contribution in [0.4, 0.5) is 5.95 Å². The summed E-state index contributed by atoms with van der Waals surface area (Å²) in [5, 5.41) is 11.4. The number of hydrogen-bond acceptors (Lipinski definition) is 6. The van der Waals surface area contributed by atoms with Gasteiger partial charge in [-0.05, 0) is 0 Å². The van der Waals surface area contributed by atoms with Crippen LogP contribution in [0.15, 0.2) is 12.3 Å². The third-order valence-corrected chi connectivity index (χ3v) is 2.76. The van der Waals surface area contributed by atoms with Gasteiger partial charge in [-0.15, -0.1) is 10.2 Å². The average Bonchev–Trinajstić information content (AvgIpc) is 2.78. The first-order valence-electron chi connectivity index (χ1n) is 6.11. The molecule has 0 atom stereocenters. The second kappa shape index (κ2) is 5.64. The van der Waals surface area contributed by atoms with Crippen LogP contribution in [0.25, 0.3) is 0 Å². The van der Waals surface area contributed by atoms with Crippen molar-refractivity contribution in [1.82, 2.24) is 24.7 Å². The highest BCUT2D eigenvalue weighted by Gasteiger charge is 2.11. The van der Waals surface area contributed by atoms with Crippen molar-refractivity contribution in [2.75, 3.05) is 12.4 Å². The van der Waals surface area contributed by atoms with Crippen molar-refractivity contribution in [1.29, 1.82) is 0 Å². The Morgan fingerprint density at radius 2 is 2.16 bits per heavy atom. The quantitative estimate of drug-likeness (QED) is 0.876. The predicted octanol–water partition coefficient (Wildman–Crippen LogP) is 1.35. The molecule has 2 aromatic heterocycles. The van der Waals surface area contributed by atoms with Crippen LogP contribution in [0.2, 0.25) is 0 Å². The lowest BCUT2D eigenvalue weighted by Crippen LogP contribution is -2.10. The van der Waals surface area contributed by atoms with E-state index in [2.05, 4.69) is 39.3 Å². The molecule has 0 fully saturated rings. The summed E-state index contributed by atoms with van der Waals surface area (Å²) in [6.45, 7) is 4.70.